The van der Waals surface area contributed by atoms with E-state index in [0.29, 0.717) is 25.6 Å². The fraction of sp³-hybridized carbons (Fsp3) is 0.781. The van der Waals surface area contributed by atoms with Gasteiger partial charge < -0.3 is 14.2 Å². The summed E-state index contributed by atoms with van der Waals surface area (Å²) in [5, 5.41) is 0. The van der Waals surface area contributed by atoms with Gasteiger partial charge in [0.2, 0.25) is 5.91 Å². The highest BCUT2D eigenvalue weighted by Gasteiger charge is 2.28. The maximum atomic E-state index is 12.5. The van der Waals surface area contributed by atoms with E-state index in [0.717, 1.165) is 30.0 Å². The van der Waals surface area contributed by atoms with Gasteiger partial charge in [-0.2, -0.15) is 0 Å². The summed E-state index contributed by atoms with van der Waals surface area (Å²) in [4.78, 5) is 29.8. The number of pyridine rings is 1. The smallest absolute Gasteiger partial charge is 0.416 e. The molecule has 1 aromatic rings. The van der Waals surface area contributed by atoms with Crippen molar-refractivity contribution in [2.24, 2.45) is 5.92 Å². The van der Waals surface area contributed by atoms with E-state index in [2.05, 4.69) is 11.9 Å². The largest absolute Gasteiger partial charge is 0.446 e. The Kier molecular flexibility index (Phi) is 18.6. The second kappa shape index (κ2) is 21.8. The first-order valence-corrected chi connectivity index (χ1v) is 15.6. The van der Waals surface area contributed by atoms with E-state index in [9.17, 15) is 9.59 Å². The number of hydrogen-bond acceptors (Lipinski definition) is 6. The second-order valence-corrected chi connectivity index (χ2v) is 11.0. The number of nitrogens with zero attached hydrogens (tertiary/aromatic N) is 2. The Morgan fingerprint density at radius 2 is 1.56 bits per heavy atom. The molecule has 1 aliphatic heterocycles. The lowest BCUT2D eigenvalue weighted by Crippen LogP contribution is -2.38. The molecule has 2 rings (SSSR count). The second-order valence-electron chi connectivity index (χ2n) is 11.0. The zero-order chi connectivity index (χ0) is 28.0. The molecule has 7 nitrogen and oxygen atoms in total. The average Bonchev–Trinajstić information content (AvgIpc) is 3.40. The van der Waals surface area contributed by atoms with Gasteiger partial charge >= 0.3 is 6.09 Å². The van der Waals surface area contributed by atoms with E-state index in [-0.39, 0.29) is 25.2 Å². The van der Waals surface area contributed by atoms with E-state index in [4.69, 9.17) is 14.2 Å². The van der Waals surface area contributed by atoms with Crippen LogP contribution >= 0.6 is 0 Å². The Balaban J connectivity index is 1.41. The summed E-state index contributed by atoms with van der Waals surface area (Å²) >= 11 is 0. The molecular formula is C32H54N2O5. The Bertz CT molecular complexity index is 760. The molecule has 1 fully saturated rings. The Labute approximate surface area is 237 Å². The monoisotopic (exact) mass is 546 g/mol. The number of carbonyl (C=O) groups is 2. The van der Waals surface area contributed by atoms with E-state index >= 15 is 0 Å². The van der Waals surface area contributed by atoms with Crippen LogP contribution in [0.1, 0.15) is 116 Å². The standard InChI is InChI=1S/C32H54N2O5/c1-3-4-5-6-7-8-9-10-11-12-13-14-15-18-23-37-25-29-24-31(38-26-29)27-39-32(36)34(28(2)35)22-20-30-19-16-17-21-33-30/h16-17,19,21,29,31H,3-15,18,20,22-27H2,1-2H3/t29-,31-/m1/s1. The van der Waals surface area contributed by atoms with Gasteiger partial charge in [-0.05, 0) is 25.0 Å². The van der Waals surface area contributed by atoms with Crippen LogP contribution in [0.15, 0.2) is 24.4 Å². The zero-order valence-corrected chi connectivity index (χ0v) is 24.7. The SMILES string of the molecule is CCCCCCCCCCCCCCCCOC[C@@H]1CO[C@@H](COC(=O)N(CCc2ccccn2)C(C)=O)C1. The van der Waals surface area contributed by atoms with E-state index in [1.165, 1.54) is 90.4 Å². The molecule has 2 heterocycles. The Morgan fingerprint density at radius 3 is 2.15 bits per heavy atom. The maximum Gasteiger partial charge on any atom is 0.416 e. The van der Waals surface area contributed by atoms with Crippen LogP contribution in [0.4, 0.5) is 4.79 Å². The fourth-order valence-electron chi connectivity index (χ4n) is 5.05. The van der Waals surface area contributed by atoms with Crippen LogP contribution in [0.25, 0.3) is 0 Å². The number of hydrogen-bond donors (Lipinski definition) is 0. The molecule has 0 N–H and O–H groups in total. The first-order valence-electron chi connectivity index (χ1n) is 15.6. The van der Waals surface area contributed by atoms with E-state index < -0.39 is 6.09 Å². The molecule has 2 amide bonds. The molecule has 0 saturated carbocycles. The lowest BCUT2D eigenvalue weighted by atomic mass is 10.0. The lowest BCUT2D eigenvalue weighted by molar-refractivity contribution is -0.127. The summed E-state index contributed by atoms with van der Waals surface area (Å²) in [6, 6.07) is 5.59. The highest BCUT2D eigenvalue weighted by atomic mass is 16.6. The predicted molar refractivity (Wildman–Crippen MR) is 156 cm³/mol. The minimum absolute atomic E-state index is 0.145. The third-order valence-corrected chi connectivity index (χ3v) is 7.47. The Morgan fingerprint density at radius 1 is 0.923 bits per heavy atom. The summed E-state index contributed by atoms with van der Waals surface area (Å²) in [6.07, 6.45) is 21.2. The third-order valence-electron chi connectivity index (χ3n) is 7.47. The molecule has 0 radical (unpaired) electrons. The lowest BCUT2D eigenvalue weighted by Gasteiger charge is -2.19. The average molecular weight is 547 g/mol. The summed E-state index contributed by atoms with van der Waals surface area (Å²) in [5.41, 5.74) is 0.826. The van der Waals surface area contributed by atoms with Gasteiger partial charge in [-0.1, -0.05) is 96.5 Å². The van der Waals surface area contributed by atoms with Crippen molar-refractivity contribution in [1.82, 2.24) is 9.88 Å². The number of rotatable bonds is 22. The van der Waals surface area contributed by atoms with Crippen LogP contribution in [0.2, 0.25) is 0 Å². The van der Waals surface area contributed by atoms with Crippen molar-refractivity contribution in [3.8, 4) is 0 Å². The highest BCUT2D eigenvalue weighted by Crippen LogP contribution is 2.21. The highest BCUT2D eigenvalue weighted by molar-refractivity contribution is 5.90. The normalized spacial score (nSPS) is 16.9. The number of carbonyl (C=O) groups excluding carboxylic acids is 2. The van der Waals surface area contributed by atoms with Gasteiger partial charge in [-0.15, -0.1) is 0 Å². The third kappa shape index (κ3) is 16.0. The van der Waals surface area contributed by atoms with Gasteiger partial charge in [-0.3, -0.25) is 9.78 Å². The number of unbranched alkanes of at least 4 members (excludes halogenated alkanes) is 13. The van der Waals surface area contributed by atoms with Crippen molar-refractivity contribution in [3.05, 3.63) is 30.1 Å². The number of imide groups is 1. The fourth-order valence-corrected chi connectivity index (χ4v) is 5.05. The molecule has 1 saturated heterocycles. The molecule has 0 unspecified atom stereocenters. The first-order chi connectivity index (χ1) is 19.1. The molecule has 2 atom stereocenters. The quantitative estimate of drug-likeness (QED) is 0.140. The summed E-state index contributed by atoms with van der Waals surface area (Å²) < 4.78 is 17.1. The van der Waals surface area contributed by atoms with Crippen molar-refractivity contribution in [1.29, 1.82) is 0 Å². The van der Waals surface area contributed by atoms with Gasteiger partial charge in [0, 0.05) is 44.3 Å². The van der Waals surface area contributed by atoms with Crippen LogP contribution in [0.3, 0.4) is 0 Å². The van der Waals surface area contributed by atoms with Gasteiger partial charge in [-0.25, -0.2) is 9.69 Å². The van der Waals surface area contributed by atoms with E-state index in [1.807, 2.05) is 18.2 Å². The van der Waals surface area contributed by atoms with Crippen molar-refractivity contribution in [3.63, 3.8) is 0 Å². The number of ether oxygens (including phenoxy) is 3. The summed E-state index contributed by atoms with van der Waals surface area (Å²) in [6.45, 7) is 6.16. The van der Waals surface area contributed by atoms with Gasteiger partial charge in [0.15, 0.2) is 0 Å². The maximum absolute atomic E-state index is 12.5. The van der Waals surface area contributed by atoms with Crippen LogP contribution in [0.5, 0.6) is 0 Å². The molecule has 0 spiro atoms. The number of amides is 2. The first kappa shape index (κ1) is 33.2. The van der Waals surface area contributed by atoms with E-state index in [1.54, 1.807) is 6.20 Å². The molecule has 39 heavy (non-hydrogen) atoms. The van der Waals surface area contributed by atoms with Crippen molar-refractivity contribution in [2.45, 2.75) is 123 Å². The van der Waals surface area contributed by atoms with Crippen molar-refractivity contribution >= 4 is 12.0 Å². The molecule has 0 bridgehead atoms. The molecule has 0 aliphatic carbocycles. The van der Waals surface area contributed by atoms with Gasteiger partial charge in [0.05, 0.1) is 19.3 Å². The topological polar surface area (TPSA) is 78.0 Å². The van der Waals surface area contributed by atoms with Crippen LogP contribution in [0, 0.1) is 5.92 Å². The van der Waals surface area contributed by atoms with Crippen LogP contribution in [-0.2, 0) is 25.4 Å². The molecule has 222 valence electrons. The summed E-state index contributed by atoms with van der Waals surface area (Å²) in [5.74, 6) is -0.00791. The number of aromatic nitrogens is 1. The Hall–Kier alpha value is -1.99. The molecule has 1 aliphatic rings. The molecule has 0 aromatic carbocycles. The van der Waals surface area contributed by atoms with Gasteiger partial charge in [0.1, 0.15) is 6.61 Å². The van der Waals surface area contributed by atoms with Crippen molar-refractivity contribution < 1.29 is 23.8 Å². The zero-order valence-electron chi connectivity index (χ0n) is 24.7. The minimum atomic E-state index is -0.625. The molecular weight excluding hydrogens is 492 g/mol. The van der Waals surface area contributed by atoms with Crippen LogP contribution < -0.4 is 0 Å². The molecule has 7 heteroatoms. The minimum Gasteiger partial charge on any atom is -0.446 e. The molecule has 1 aromatic heterocycles. The predicted octanol–water partition coefficient (Wildman–Crippen LogP) is 7.51. The van der Waals surface area contributed by atoms with Crippen molar-refractivity contribution in [2.75, 3.05) is 33.0 Å². The summed E-state index contributed by atoms with van der Waals surface area (Å²) in [7, 11) is 0. The van der Waals surface area contributed by atoms with Crippen LogP contribution in [-0.4, -0.2) is 61.0 Å². The van der Waals surface area contributed by atoms with Gasteiger partial charge in [0.25, 0.3) is 0 Å².